The van der Waals surface area contributed by atoms with Crippen molar-refractivity contribution in [2.24, 2.45) is 0 Å². The lowest BCUT2D eigenvalue weighted by Crippen LogP contribution is -2.31. The predicted octanol–water partition coefficient (Wildman–Crippen LogP) is 3.96. The third kappa shape index (κ3) is 5.83. The van der Waals surface area contributed by atoms with Crippen molar-refractivity contribution in [3.63, 3.8) is 0 Å². The Morgan fingerprint density at radius 1 is 0.875 bits per heavy atom. The van der Waals surface area contributed by atoms with Gasteiger partial charge in [0, 0.05) is 48.8 Å². The van der Waals surface area contributed by atoms with Gasteiger partial charge < -0.3 is 4.90 Å². The summed E-state index contributed by atoms with van der Waals surface area (Å²) >= 11 is 1.30. The predicted molar refractivity (Wildman–Crippen MR) is 123 cm³/mol. The first-order chi connectivity index (χ1) is 15.7. The summed E-state index contributed by atoms with van der Waals surface area (Å²) in [6, 6.07) is 16.5. The second-order valence-electron chi connectivity index (χ2n) is 7.11. The molecule has 0 spiro atoms. The highest BCUT2D eigenvalue weighted by Gasteiger charge is 2.18. The van der Waals surface area contributed by atoms with Gasteiger partial charge in [0.15, 0.2) is 5.13 Å². The first-order valence-corrected chi connectivity index (χ1v) is 10.9. The molecule has 8 heteroatoms. The molecule has 32 heavy (non-hydrogen) atoms. The molecule has 0 saturated heterocycles. The van der Waals surface area contributed by atoms with E-state index in [1.165, 1.54) is 11.3 Å². The maximum Gasteiger partial charge on any atom is 0.257 e. The number of aromatic nitrogens is 3. The molecule has 160 valence electrons. The van der Waals surface area contributed by atoms with Gasteiger partial charge in [0.2, 0.25) is 5.91 Å². The van der Waals surface area contributed by atoms with Crippen LogP contribution in [-0.2, 0) is 24.3 Å². The molecule has 0 saturated carbocycles. The zero-order valence-corrected chi connectivity index (χ0v) is 18.0. The molecule has 0 unspecified atom stereocenters. The summed E-state index contributed by atoms with van der Waals surface area (Å²) < 4.78 is 0. The number of benzene rings is 1. The van der Waals surface area contributed by atoms with Gasteiger partial charge in [-0.3, -0.25) is 24.9 Å². The molecular weight excluding hydrogens is 422 g/mol. The van der Waals surface area contributed by atoms with Gasteiger partial charge in [-0.25, -0.2) is 4.98 Å². The number of thiazole rings is 1. The smallest absolute Gasteiger partial charge is 0.257 e. The van der Waals surface area contributed by atoms with Crippen molar-refractivity contribution in [2.75, 3.05) is 5.32 Å². The number of carbonyl (C=O) groups excluding carboxylic acids is 2. The number of anilines is 1. The standard InChI is InChI=1S/C24H21N5O2S/c30-22(13-21-17-32-24(27-21)28-23(31)20-6-2-1-3-7-20)29(15-18-8-11-25-12-9-18)16-19-5-4-10-26-14-19/h1-12,14,17H,13,15-16H2,(H,27,28,31). The highest BCUT2D eigenvalue weighted by molar-refractivity contribution is 7.14. The fraction of sp³-hybridized carbons (Fsp3) is 0.125. The lowest BCUT2D eigenvalue weighted by Gasteiger charge is -2.22. The van der Waals surface area contributed by atoms with Gasteiger partial charge in [0.1, 0.15) is 0 Å². The van der Waals surface area contributed by atoms with Crippen LogP contribution in [0.2, 0.25) is 0 Å². The SMILES string of the molecule is O=C(Nc1nc(CC(=O)N(Cc2ccncc2)Cc2cccnc2)cs1)c1ccccc1. The van der Waals surface area contributed by atoms with Crippen LogP contribution in [0.5, 0.6) is 0 Å². The topological polar surface area (TPSA) is 88.1 Å². The summed E-state index contributed by atoms with van der Waals surface area (Å²) in [5, 5.41) is 5.06. The molecule has 0 atom stereocenters. The molecule has 0 aliphatic rings. The summed E-state index contributed by atoms with van der Waals surface area (Å²) in [7, 11) is 0. The van der Waals surface area contributed by atoms with Crippen LogP contribution in [0.25, 0.3) is 0 Å². The van der Waals surface area contributed by atoms with Gasteiger partial charge in [-0.2, -0.15) is 0 Å². The van der Waals surface area contributed by atoms with E-state index in [0.29, 0.717) is 29.5 Å². The van der Waals surface area contributed by atoms with Crippen molar-refractivity contribution in [1.29, 1.82) is 0 Å². The summed E-state index contributed by atoms with van der Waals surface area (Å²) in [5.74, 6) is -0.286. The van der Waals surface area contributed by atoms with Crippen molar-refractivity contribution in [3.05, 3.63) is 107 Å². The van der Waals surface area contributed by atoms with Gasteiger partial charge in [-0.05, 0) is 41.5 Å². The molecule has 2 amide bonds. The number of nitrogens with zero attached hydrogens (tertiary/aromatic N) is 4. The van der Waals surface area contributed by atoms with Crippen molar-refractivity contribution >= 4 is 28.3 Å². The van der Waals surface area contributed by atoms with Gasteiger partial charge in [0.05, 0.1) is 12.1 Å². The Bertz CT molecular complexity index is 1130. The zero-order valence-electron chi connectivity index (χ0n) is 17.2. The molecule has 0 bridgehead atoms. The molecule has 4 aromatic rings. The van der Waals surface area contributed by atoms with Crippen LogP contribution in [0.1, 0.15) is 27.2 Å². The van der Waals surface area contributed by atoms with Crippen LogP contribution >= 0.6 is 11.3 Å². The molecule has 0 radical (unpaired) electrons. The molecule has 3 heterocycles. The Kier molecular flexibility index (Phi) is 6.94. The summed E-state index contributed by atoms with van der Waals surface area (Å²) in [6.07, 6.45) is 7.03. The zero-order chi connectivity index (χ0) is 22.2. The summed E-state index contributed by atoms with van der Waals surface area (Å²) in [4.78, 5) is 39.9. The van der Waals surface area contributed by atoms with E-state index in [1.807, 2.05) is 30.3 Å². The third-order valence-corrected chi connectivity index (χ3v) is 5.52. The van der Waals surface area contributed by atoms with E-state index in [0.717, 1.165) is 11.1 Å². The normalized spacial score (nSPS) is 10.5. The summed E-state index contributed by atoms with van der Waals surface area (Å²) in [5.41, 5.74) is 3.12. The summed E-state index contributed by atoms with van der Waals surface area (Å²) in [6.45, 7) is 0.898. The molecule has 3 aromatic heterocycles. The third-order valence-electron chi connectivity index (χ3n) is 4.71. The number of amides is 2. The molecule has 7 nitrogen and oxygen atoms in total. The van der Waals surface area contributed by atoms with E-state index < -0.39 is 0 Å². The van der Waals surface area contributed by atoms with Gasteiger partial charge in [0.25, 0.3) is 5.91 Å². The molecule has 0 aliphatic heterocycles. The number of hydrogen-bond acceptors (Lipinski definition) is 6. The van der Waals surface area contributed by atoms with Crippen molar-refractivity contribution < 1.29 is 9.59 Å². The lowest BCUT2D eigenvalue weighted by atomic mass is 10.2. The lowest BCUT2D eigenvalue weighted by molar-refractivity contribution is -0.131. The first-order valence-electron chi connectivity index (χ1n) is 10.0. The quantitative estimate of drug-likeness (QED) is 0.445. The highest BCUT2D eigenvalue weighted by atomic mass is 32.1. The maximum absolute atomic E-state index is 13.1. The number of nitrogens with one attached hydrogen (secondary N) is 1. The largest absolute Gasteiger partial charge is 0.334 e. The number of carbonyl (C=O) groups is 2. The second kappa shape index (κ2) is 10.4. The van der Waals surface area contributed by atoms with Crippen LogP contribution in [0.15, 0.2) is 84.8 Å². The van der Waals surface area contributed by atoms with Crippen LogP contribution in [0.3, 0.4) is 0 Å². The minimum atomic E-state index is -0.228. The van der Waals surface area contributed by atoms with Crippen molar-refractivity contribution in [1.82, 2.24) is 19.9 Å². The Morgan fingerprint density at radius 2 is 1.66 bits per heavy atom. The second-order valence-corrected chi connectivity index (χ2v) is 7.97. The van der Waals surface area contributed by atoms with E-state index in [9.17, 15) is 9.59 Å². The van der Waals surface area contributed by atoms with Gasteiger partial charge >= 0.3 is 0 Å². The number of rotatable bonds is 8. The van der Waals surface area contributed by atoms with Crippen molar-refractivity contribution in [2.45, 2.75) is 19.5 Å². The number of pyridine rings is 2. The minimum absolute atomic E-state index is 0.0584. The van der Waals surface area contributed by atoms with Crippen LogP contribution < -0.4 is 5.32 Å². The molecule has 0 aliphatic carbocycles. The molecule has 4 rings (SSSR count). The minimum Gasteiger partial charge on any atom is -0.334 e. The van der Waals surface area contributed by atoms with Gasteiger partial charge in [-0.15, -0.1) is 11.3 Å². The fourth-order valence-corrected chi connectivity index (χ4v) is 3.83. The van der Waals surface area contributed by atoms with E-state index in [1.54, 1.807) is 59.3 Å². The van der Waals surface area contributed by atoms with Crippen LogP contribution in [-0.4, -0.2) is 31.7 Å². The molecular formula is C24H21N5O2S. The average molecular weight is 444 g/mol. The van der Waals surface area contributed by atoms with Crippen LogP contribution in [0.4, 0.5) is 5.13 Å². The average Bonchev–Trinajstić information content (AvgIpc) is 3.27. The fourth-order valence-electron chi connectivity index (χ4n) is 3.12. The maximum atomic E-state index is 13.1. The van der Waals surface area contributed by atoms with E-state index in [4.69, 9.17) is 0 Å². The van der Waals surface area contributed by atoms with Crippen LogP contribution in [0, 0.1) is 0 Å². The van der Waals surface area contributed by atoms with Crippen molar-refractivity contribution in [3.8, 4) is 0 Å². The molecule has 1 aromatic carbocycles. The monoisotopic (exact) mass is 443 g/mol. The highest BCUT2D eigenvalue weighted by Crippen LogP contribution is 2.18. The van der Waals surface area contributed by atoms with Gasteiger partial charge in [-0.1, -0.05) is 24.3 Å². The molecule has 1 N–H and O–H groups in total. The first kappa shape index (κ1) is 21.3. The Morgan fingerprint density at radius 3 is 2.41 bits per heavy atom. The van der Waals surface area contributed by atoms with E-state index in [2.05, 4.69) is 20.3 Å². The Hall–Kier alpha value is -3.91. The molecule has 0 fully saturated rings. The van der Waals surface area contributed by atoms with E-state index in [-0.39, 0.29) is 18.2 Å². The number of hydrogen-bond donors (Lipinski definition) is 1. The Balaban J connectivity index is 1.44. The Labute approximate surface area is 189 Å². The van der Waals surface area contributed by atoms with E-state index >= 15 is 0 Å².